The van der Waals surface area contributed by atoms with Gasteiger partial charge in [-0.05, 0) is 22.9 Å². The third kappa shape index (κ3) is 1.87. The molecule has 0 radical (unpaired) electrons. The maximum Gasteiger partial charge on any atom is 0.120 e. The first-order valence-electron chi connectivity index (χ1n) is 6.37. The normalized spacial score (nSPS) is 25.7. The quantitative estimate of drug-likeness (QED) is 0.716. The molecule has 0 bridgehead atoms. The summed E-state index contributed by atoms with van der Waals surface area (Å²) >= 11 is 6.22. The molecule has 2 aromatic carbocycles. The second-order valence-corrected chi connectivity index (χ2v) is 6.17. The first-order valence-corrected chi connectivity index (χ1v) is 6.80. The molecule has 2 unspecified atom stereocenters. The lowest BCUT2D eigenvalue weighted by Gasteiger charge is -2.48. The van der Waals surface area contributed by atoms with Crippen LogP contribution in [0.2, 0.25) is 0 Å². The molecular weight excluding hydrogens is 244 g/mol. The molecule has 1 aliphatic rings. The largest absolute Gasteiger partial charge is 0.490 e. The highest BCUT2D eigenvalue weighted by Crippen LogP contribution is 2.46. The summed E-state index contributed by atoms with van der Waals surface area (Å²) < 4.78 is 6.06. The van der Waals surface area contributed by atoms with Crippen molar-refractivity contribution < 1.29 is 4.74 Å². The van der Waals surface area contributed by atoms with Gasteiger partial charge in [0.1, 0.15) is 11.9 Å². The van der Waals surface area contributed by atoms with Gasteiger partial charge in [-0.3, -0.25) is 0 Å². The predicted octanol–water partition coefficient (Wildman–Crippen LogP) is 4.62. The molecule has 0 aliphatic heterocycles. The number of rotatable bonds is 2. The fourth-order valence-electron chi connectivity index (χ4n) is 2.44. The van der Waals surface area contributed by atoms with Crippen molar-refractivity contribution in [1.82, 2.24) is 0 Å². The molecule has 3 rings (SSSR count). The Balaban J connectivity index is 1.83. The standard InChI is InChI=1S/C16H17ClO/c1-16(2)14(17)10-15(16)18-13-8-7-11-5-3-4-6-12(11)9-13/h3-9,14-15H,10H2,1-2H3. The average molecular weight is 261 g/mol. The van der Waals surface area contributed by atoms with Crippen LogP contribution in [0.1, 0.15) is 20.3 Å². The Hall–Kier alpha value is -1.21. The highest BCUT2D eigenvalue weighted by molar-refractivity contribution is 6.21. The summed E-state index contributed by atoms with van der Waals surface area (Å²) in [7, 11) is 0. The Morgan fingerprint density at radius 3 is 2.50 bits per heavy atom. The Kier molecular flexibility index (Phi) is 2.74. The van der Waals surface area contributed by atoms with Gasteiger partial charge in [0.05, 0.1) is 0 Å². The maximum absolute atomic E-state index is 6.22. The van der Waals surface area contributed by atoms with Crippen molar-refractivity contribution in [3.8, 4) is 5.75 Å². The summed E-state index contributed by atoms with van der Waals surface area (Å²) in [4.78, 5) is 0. The molecule has 18 heavy (non-hydrogen) atoms. The third-order valence-corrected chi connectivity index (χ3v) is 4.80. The Morgan fingerprint density at radius 2 is 1.83 bits per heavy atom. The molecular formula is C16H17ClO. The minimum Gasteiger partial charge on any atom is -0.490 e. The number of alkyl halides is 1. The van der Waals surface area contributed by atoms with E-state index in [1.165, 1.54) is 10.8 Å². The minimum absolute atomic E-state index is 0.0627. The molecule has 1 fully saturated rings. The van der Waals surface area contributed by atoms with Crippen LogP contribution in [0, 0.1) is 5.41 Å². The fraction of sp³-hybridized carbons (Fsp3) is 0.375. The van der Waals surface area contributed by atoms with Gasteiger partial charge in [0.2, 0.25) is 0 Å². The predicted molar refractivity (Wildman–Crippen MR) is 76.4 cm³/mol. The van der Waals surface area contributed by atoms with Crippen molar-refractivity contribution in [3.05, 3.63) is 42.5 Å². The first kappa shape index (κ1) is 11.9. The van der Waals surface area contributed by atoms with Crippen LogP contribution < -0.4 is 4.74 Å². The van der Waals surface area contributed by atoms with E-state index in [9.17, 15) is 0 Å². The van der Waals surface area contributed by atoms with E-state index in [2.05, 4.69) is 44.2 Å². The summed E-state index contributed by atoms with van der Waals surface area (Å²) in [6, 6.07) is 14.6. The zero-order valence-corrected chi connectivity index (χ0v) is 11.4. The second-order valence-electron chi connectivity index (χ2n) is 5.64. The van der Waals surface area contributed by atoms with Crippen molar-refractivity contribution in [3.63, 3.8) is 0 Å². The lowest BCUT2D eigenvalue weighted by Crippen LogP contribution is -2.53. The van der Waals surface area contributed by atoms with Crippen molar-refractivity contribution in [2.75, 3.05) is 0 Å². The minimum atomic E-state index is 0.0627. The van der Waals surface area contributed by atoms with E-state index in [-0.39, 0.29) is 16.9 Å². The van der Waals surface area contributed by atoms with Crippen LogP contribution in [0.15, 0.2) is 42.5 Å². The van der Waals surface area contributed by atoms with Gasteiger partial charge in [-0.1, -0.05) is 44.2 Å². The summed E-state index contributed by atoms with van der Waals surface area (Å²) in [5.74, 6) is 0.940. The molecule has 1 aliphatic carbocycles. The van der Waals surface area contributed by atoms with Gasteiger partial charge in [-0.15, -0.1) is 11.6 Å². The molecule has 0 amide bonds. The van der Waals surface area contributed by atoms with Gasteiger partial charge >= 0.3 is 0 Å². The van der Waals surface area contributed by atoms with Gasteiger partial charge in [0.15, 0.2) is 0 Å². The molecule has 1 nitrogen and oxygen atoms in total. The second kappa shape index (κ2) is 4.17. The monoisotopic (exact) mass is 260 g/mol. The summed E-state index contributed by atoms with van der Waals surface area (Å²) in [5, 5.41) is 2.69. The number of hydrogen-bond donors (Lipinski definition) is 0. The van der Waals surface area contributed by atoms with Gasteiger partial charge in [0.25, 0.3) is 0 Å². The van der Waals surface area contributed by atoms with Gasteiger partial charge in [-0.25, -0.2) is 0 Å². The number of benzene rings is 2. The average Bonchev–Trinajstić information content (AvgIpc) is 2.38. The third-order valence-electron chi connectivity index (χ3n) is 4.06. The van der Waals surface area contributed by atoms with Gasteiger partial charge in [-0.2, -0.15) is 0 Å². The molecule has 0 heterocycles. The number of hydrogen-bond acceptors (Lipinski definition) is 1. The van der Waals surface area contributed by atoms with E-state index in [0.717, 1.165) is 12.2 Å². The molecule has 0 N–H and O–H groups in total. The molecule has 2 atom stereocenters. The topological polar surface area (TPSA) is 9.23 Å². The maximum atomic E-state index is 6.22. The van der Waals surface area contributed by atoms with Crippen molar-refractivity contribution in [2.45, 2.75) is 31.7 Å². The summed E-state index contributed by atoms with van der Waals surface area (Å²) in [5.41, 5.74) is 0.0627. The summed E-state index contributed by atoms with van der Waals surface area (Å²) in [6.45, 7) is 4.33. The zero-order valence-electron chi connectivity index (χ0n) is 10.7. The number of halogens is 1. The number of ether oxygens (including phenoxy) is 1. The molecule has 2 heteroatoms. The highest BCUT2D eigenvalue weighted by atomic mass is 35.5. The van der Waals surface area contributed by atoms with Crippen LogP contribution >= 0.6 is 11.6 Å². The molecule has 1 saturated carbocycles. The van der Waals surface area contributed by atoms with Crippen molar-refractivity contribution in [1.29, 1.82) is 0 Å². The molecule has 0 spiro atoms. The van der Waals surface area contributed by atoms with E-state index in [1.807, 2.05) is 12.1 Å². The van der Waals surface area contributed by atoms with Crippen LogP contribution in [0.5, 0.6) is 5.75 Å². The first-order chi connectivity index (χ1) is 8.57. The van der Waals surface area contributed by atoms with Gasteiger partial charge in [0, 0.05) is 17.2 Å². The zero-order chi connectivity index (χ0) is 12.8. The van der Waals surface area contributed by atoms with E-state index >= 15 is 0 Å². The van der Waals surface area contributed by atoms with Crippen molar-refractivity contribution >= 4 is 22.4 Å². The molecule has 2 aromatic rings. The Bertz CT molecular complexity index is 576. The van der Waals surface area contributed by atoms with Crippen LogP contribution in [0.4, 0.5) is 0 Å². The van der Waals surface area contributed by atoms with Crippen LogP contribution in [0.25, 0.3) is 10.8 Å². The Labute approximate surface area is 113 Å². The fourth-order valence-corrected chi connectivity index (χ4v) is 2.74. The van der Waals surface area contributed by atoms with Crippen molar-refractivity contribution in [2.24, 2.45) is 5.41 Å². The number of fused-ring (bicyclic) bond motifs is 1. The molecule has 94 valence electrons. The molecule has 0 aromatic heterocycles. The van der Waals surface area contributed by atoms with E-state index in [1.54, 1.807) is 0 Å². The van der Waals surface area contributed by atoms with E-state index in [0.29, 0.717) is 0 Å². The molecule has 0 saturated heterocycles. The van der Waals surface area contributed by atoms with Crippen LogP contribution in [-0.4, -0.2) is 11.5 Å². The lowest BCUT2D eigenvalue weighted by molar-refractivity contribution is -0.0129. The SMILES string of the molecule is CC1(C)C(Cl)CC1Oc1ccc2ccccc2c1. The van der Waals surface area contributed by atoms with E-state index < -0.39 is 0 Å². The van der Waals surface area contributed by atoms with Gasteiger partial charge < -0.3 is 4.74 Å². The lowest BCUT2D eigenvalue weighted by atomic mass is 9.68. The van der Waals surface area contributed by atoms with Crippen LogP contribution in [0.3, 0.4) is 0 Å². The Morgan fingerprint density at radius 1 is 1.11 bits per heavy atom. The highest BCUT2D eigenvalue weighted by Gasteiger charge is 2.49. The van der Waals surface area contributed by atoms with E-state index in [4.69, 9.17) is 16.3 Å². The summed E-state index contributed by atoms with van der Waals surface area (Å²) in [6.07, 6.45) is 1.16. The smallest absolute Gasteiger partial charge is 0.120 e. The van der Waals surface area contributed by atoms with Crippen LogP contribution in [-0.2, 0) is 0 Å².